The summed E-state index contributed by atoms with van der Waals surface area (Å²) < 4.78 is 9.35. The highest BCUT2D eigenvalue weighted by Crippen LogP contribution is 2.20. The Bertz CT molecular complexity index is 1000. The highest BCUT2D eigenvalue weighted by molar-refractivity contribution is 6.04. The van der Waals surface area contributed by atoms with E-state index in [-0.39, 0.29) is 28.8 Å². The van der Waals surface area contributed by atoms with Crippen molar-refractivity contribution >= 4 is 35.5 Å². The Kier molecular flexibility index (Phi) is 6.81. The molecule has 1 aliphatic carbocycles. The van der Waals surface area contributed by atoms with E-state index in [2.05, 4.69) is 20.1 Å². The van der Waals surface area contributed by atoms with Gasteiger partial charge in [-0.05, 0) is 54.8 Å². The molecular weight excluding hydrogens is 400 g/mol. The Hall–Kier alpha value is -3.94. The van der Waals surface area contributed by atoms with E-state index in [1.165, 1.54) is 38.5 Å². The van der Waals surface area contributed by atoms with Gasteiger partial charge in [-0.25, -0.2) is 9.59 Å². The zero-order chi connectivity index (χ0) is 22.4. The van der Waals surface area contributed by atoms with Crippen molar-refractivity contribution in [2.75, 3.05) is 19.5 Å². The van der Waals surface area contributed by atoms with Crippen LogP contribution in [0.3, 0.4) is 0 Å². The molecule has 0 bridgehead atoms. The summed E-state index contributed by atoms with van der Waals surface area (Å²) in [5, 5.41) is 5.52. The lowest BCUT2D eigenvalue weighted by atomic mass is 10.1. The van der Waals surface area contributed by atoms with Crippen LogP contribution in [-0.2, 0) is 14.3 Å². The molecule has 0 unspecified atom stereocenters. The van der Waals surface area contributed by atoms with Crippen molar-refractivity contribution in [2.45, 2.75) is 18.9 Å². The van der Waals surface area contributed by atoms with Crippen LogP contribution in [-0.4, -0.2) is 44.0 Å². The Morgan fingerprint density at radius 2 is 1.45 bits per heavy atom. The van der Waals surface area contributed by atoms with Crippen LogP contribution in [0.25, 0.3) is 6.08 Å². The molecule has 8 heteroatoms. The highest BCUT2D eigenvalue weighted by Gasteiger charge is 2.23. The van der Waals surface area contributed by atoms with Gasteiger partial charge in [0.05, 0.1) is 25.3 Å². The molecule has 0 aromatic heterocycles. The van der Waals surface area contributed by atoms with Gasteiger partial charge in [-0.15, -0.1) is 0 Å². The van der Waals surface area contributed by atoms with Crippen molar-refractivity contribution in [1.82, 2.24) is 5.32 Å². The van der Waals surface area contributed by atoms with Crippen molar-refractivity contribution in [3.05, 3.63) is 70.8 Å². The molecule has 1 aliphatic rings. The second-order valence-corrected chi connectivity index (χ2v) is 6.97. The number of methoxy groups -OCH3 is 2. The molecular formula is C23H22N2O6. The smallest absolute Gasteiger partial charge is 0.337 e. The van der Waals surface area contributed by atoms with Crippen molar-refractivity contribution in [2.24, 2.45) is 0 Å². The van der Waals surface area contributed by atoms with Gasteiger partial charge in [0.25, 0.3) is 5.91 Å². The number of hydrogen-bond acceptors (Lipinski definition) is 6. The van der Waals surface area contributed by atoms with Gasteiger partial charge in [0.2, 0.25) is 5.91 Å². The van der Waals surface area contributed by atoms with Gasteiger partial charge in [-0.2, -0.15) is 0 Å². The molecule has 0 atom stereocenters. The van der Waals surface area contributed by atoms with Crippen LogP contribution in [0.5, 0.6) is 0 Å². The fraction of sp³-hybridized carbons (Fsp3) is 0.217. The van der Waals surface area contributed by atoms with Crippen molar-refractivity contribution < 1.29 is 28.7 Å². The Morgan fingerprint density at radius 3 is 1.97 bits per heavy atom. The van der Waals surface area contributed by atoms with E-state index in [0.29, 0.717) is 5.56 Å². The molecule has 160 valence electrons. The van der Waals surface area contributed by atoms with E-state index in [9.17, 15) is 19.2 Å². The van der Waals surface area contributed by atoms with Crippen molar-refractivity contribution in [3.8, 4) is 0 Å². The number of ether oxygens (including phenoxy) is 2. The predicted molar refractivity (Wildman–Crippen MR) is 114 cm³/mol. The van der Waals surface area contributed by atoms with E-state index in [4.69, 9.17) is 0 Å². The van der Waals surface area contributed by atoms with E-state index in [1.807, 2.05) is 0 Å². The molecule has 2 aromatic rings. The number of esters is 2. The van der Waals surface area contributed by atoms with E-state index < -0.39 is 17.8 Å². The van der Waals surface area contributed by atoms with Crippen LogP contribution in [0.2, 0.25) is 0 Å². The zero-order valence-corrected chi connectivity index (χ0v) is 17.1. The van der Waals surface area contributed by atoms with E-state index in [0.717, 1.165) is 18.4 Å². The second-order valence-electron chi connectivity index (χ2n) is 6.97. The molecule has 2 N–H and O–H groups in total. The van der Waals surface area contributed by atoms with Gasteiger partial charge in [0.1, 0.15) is 0 Å². The summed E-state index contributed by atoms with van der Waals surface area (Å²) in [6.07, 6.45) is 4.93. The fourth-order valence-electron chi connectivity index (χ4n) is 2.77. The lowest BCUT2D eigenvalue weighted by Gasteiger charge is -2.08. The molecule has 0 spiro atoms. The number of nitrogens with one attached hydrogen (secondary N) is 2. The van der Waals surface area contributed by atoms with Crippen molar-refractivity contribution in [1.29, 1.82) is 0 Å². The maximum Gasteiger partial charge on any atom is 0.337 e. The SMILES string of the molecule is COC(=O)c1cc(NC(=O)/C=C/c2ccc(C(=O)NC3CC3)cc2)cc(C(=O)OC)c1. The monoisotopic (exact) mass is 422 g/mol. The summed E-state index contributed by atoms with van der Waals surface area (Å²) in [7, 11) is 2.43. The normalized spacial score (nSPS) is 12.8. The summed E-state index contributed by atoms with van der Waals surface area (Å²) in [5.74, 6) is -1.87. The number of amides is 2. The molecule has 0 radical (unpaired) electrons. The third kappa shape index (κ3) is 6.02. The predicted octanol–water partition coefficient (Wildman–Crippen LogP) is 2.80. The van der Waals surface area contributed by atoms with Crippen LogP contribution in [0, 0.1) is 0 Å². The average molecular weight is 422 g/mol. The number of hydrogen-bond donors (Lipinski definition) is 2. The standard InChI is InChI=1S/C23H22N2O6/c1-30-22(28)16-11-17(23(29)31-2)13-19(12-16)24-20(26)10-5-14-3-6-15(7-4-14)21(27)25-18-8-9-18/h3-7,10-13,18H,8-9H2,1-2H3,(H,24,26)(H,25,27)/b10-5+. The third-order valence-electron chi connectivity index (χ3n) is 4.56. The minimum atomic E-state index is -0.650. The van der Waals surface area contributed by atoms with Gasteiger partial charge >= 0.3 is 11.9 Å². The van der Waals surface area contributed by atoms with E-state index in [1.54, 1.807) is 30.3 Å². The minimum absolute atomic E-state index is 0.102. The van der Waals surface area contributed by atoms with Gasteiger partial charge in [0, 0.05) is 23.4 Å². The molecule has 0 saturated heterocycles. The minimum Gasteiger partial charge on any atom is -0.465 e. The molecule has 0 aliphatic heterocycles. The molecule has 0 heterocycles. The second kappa shape index (κ2) is 9.71. The van der Waals surface area contributed by atoms with Gasteiger partial charge < -0.3 is 20.1 Å². The molecule has 2 amide bonds. The number of carbonyl (C=O) groups excluding carboxylic acids is 4. The van der Waals surface area contributed by atoms with Crippen molar-refractivity contribution in [3.63, 3.8) is 0 Å². The maximum atomic E-state index is 12.3. The summed E-state index contributed by atoms with van der Waals surface area (Å²) in [4.78, 5) is 48.0. The maximum absolute atomic E-state index is 12.3. The number of anilines is 1. The first-order valence-electron chi connectivity index (χ1n) is 9.61. The summed E-state index contributed by atoms with van der Waals surface area (Å²) >= 11 is 0. The largest absolute Gasteiger partial charge is 0.465 e. The fourth-order valence-corrected chi connectivity index (χ4v) is 2.77. The Balaban J connectivity index is 1.67. The summed E-state index contributed by atoms with van der Waals surface area (Å²) in [6, 6.07) is 11.3. The molecule has 8 nitrogen and oxygen atoms in total. The molecule has 2 aromatic carbocycles. The van der Waals surface area contributed by atoms with Gasteiger partial charge in [-0.3, -0.25) is 9.59 Å². The lowest BCUT2D eigenvalue weighted by Crippen LogP contribution is -2.25. The third-order valence-corrected chi connectivity index (χ3v) is 4.56. The number of rotatable bonds is 7. The highest BCUT2D eigenvalue weighted by atomic mass is 16.5. The Labute approximate surface area is 179 Å². The number of carbonyl (C=O) groups is 4. The first kappa shape index (κ1) is 21.8. The molecule has 31 heavy (non-hydrogen) atoms. The van der Waals surface area contributed by atoms with Crippen LogP contribution in [0.15, 0.2) is 48.5 Å². The Morgan fingerprint density at radius 1 is 0.871 bits per heavy atom. The van der Waals surface area contributed by atoms with Crippen LogP contribution in [0.4, 0.5) is 5.69 Å². The van der Waals surface area contributed by atoms with Gasteiger partial charge in [0.15, 0.2) is 0 Å². The average Bonchev–Trinajstić information content (AvgIpc) is 3.60. The molecule has 3 rings (SSSR count). The van der Waals surface area contributed by atoms with E-state index >= 15 is 0 Å². The summed E-state index contributed by atoms with van der Waals surface area (Å²) in [6.45, 7) is 0. The lowest BCUT2D eigenvalue weighted by molar-refractivity contribution is -0.111. The van der Waals surface area contributed by atoms with Gasteiger partial charge in [-0.1, -0.05) is 12.1 Å². The molecule has 1 fully saturated rings. The first-order chi connectivity index (χ1) is 14.9. The van der Waals surface area contributed by atoms with Crippen LogP contribution >= 0.6 is 0 Å². The quantitative estimate of drug-likeness (QED) is 0.524. The summed E-state index contributed by atoms with van der Waals surface area (Å²) in [5.41, 5.74) is 1.74. The zero-order valence-electron chi connectivity index (χ0n) is 17.1. The molecule has 1 saturated carbocycles. The van der Waals surface area contributed by atoms with Crippen LogP contribution < -0.4 is 10.6 Å². The number of benzene rings is 2. The topological polar surface area (TPSA) is 111 Å². The first-order valence-corrected chi connectivity index (χ1v) is 9.61. The van der Waals surface area contributed by atoms with Crippen LogP contribution in [0.1, 0.15) is 49.5 Å².